The second-order valence-electron chi connectivity index (χ2n) is 13.7. The van der Waals surface area contributed by atoms with Gasteiger partial charge in [-0.15, -0.1) is 0 Å². The molecule has 0 aromatic heterocycles. The average Bonchev–Trinajstić information content (AvgIpc) is 3.16. The van der Waals surface area contributed by atoms with E-state index < -0.39 is 14.7 Å². The van der Waals surface area contributed by atoms with E-state index in [1.165, 1.54) is 110 Å². The fourth-order valence-corrected chi connectivity index (χ4v) is 14.9. The maximum atomic E-state index is 2.48. The summed E-state index contributed by atoms with van der Waals surface area (Å²) in [5.74, 6) is 0. The second-order valence-corrected chi connectivity index (χ2v) is 18.1. The van der Waals surface area contributed by atoms with Crippen LogP contribution in [0.2, 0.25) is 0 Å². The monoisotopic (exact) mass is 678 g/mol. The Morgan fingerprint density at radius 3 is 0.714 bits per heavy atom. The van der Waals surface area contributed by atoms with Gasteiger partial charge in [-0.25, -0.2) is 0 Å². The van der Waals surface area contributed by atoms with Crippen LogP contribution in [0, 0.1) is 0 Å². The van der Waals surface area contributed by atoms with Crippen LogP contribution in [-0.4, -0.2) is 14.7 Å². The van der Waals surface area contributed by atoms with Gasteiger partial charge < -0.3 is 0 Å². The van der Waals surface area contributed by atoms with Crippen LogP contribution in [0.3, 0.4) is 0 Å². The molecule has 0 aliphatic carbocycles. The summed E-state index contributed by atoms with van der Waals surface area (Å²) in [5.41, 5.74) is 0. The fourth-order valence-electron chi connectivity index (χ4n) is 9.13. The summed E-state index contributed by atoms with van der Waals surface area (Å²) >= 11 is -2.22. The summed E-state index contributed by atoms with van der Waals surface area (Å²) in [5, 5.41) is 24.5. The third kappa shape index (κ3) is 3.44. The van der Waals surface area contributed by atoms with Gasteiger partial charge in [0, 0.05) is 0 Å². The molecule has 0 saturated heterocycles. The van der Waals surface area contributed by atoms with Gasteiger partial charge in [-0.1, -0.05) is 0 Å². The molecule has 0 aliphatic rings. The Morgan fingerprint density at radius 1 is 0.204 bits per heavy atom. The van der Waals surface area contributed by atoms with Gasteiger partial charge in [-0.05, 0) is 0 Å². The van der Waals surface area contributed by atoms with Gasteiger partial charge in [0.25, 0.3) is 0 Å². The summed E-state index contributed by atoms with van der Waals surface area (Å²) in [6.45, 7) is 0. The molecule has 0 atom stereocenters. The van der Waals surface area contributed by atoms with E-state index in [1.54, 1.807) is 0 Å². The Kier molecular flexibility index (Phi) is 5.08. The topological polar surface area (TPSA) is 0 Å². The molecule has 12 aromatic carbocycles. The summed E-state index contributed by atoms with van der Waals surface area (Å²) in [7, 11) is 0. The van der Waals surface area contributed by atoms with Crippen LogP contribution >= 0.6 is 0 Å². The molecule has 12 aromatic rings. The quantitative estimate of drug-likeness (QED) is 0.129. The molecule has 1 heteroatoms. The van der Waals surface area contributed by atoms with Crippen molar-refractivity contribution >= 4 is 125 Å². The predicted octanol–water partition coefficient (Wildman–Crippen LogP) is 10.9. The minimum atomic E-state index is -2.22. The molecule has 224 valence electrons. The summed E-state index contributed by atoms with van der Waals surface area (Å²) in [6.07, 6.45) is 0. The van der Waals surface area contributed by atoms with E-state index in [2.05, 4.69) is 164 Å². The fraction of sp³-hybridized carbons (Fsp3) is 0. The molecule has 0 N–H and O–H groups in total. The molecule has 12 rings (SSSR count). The van der Waals surface area contributed by atoms with E-state index in [-0.39, 0.29) is 0 Å². The Bertz CT molecular complexity index is 2880. The Balaban J connectivity index is 1.27. The zero-order chi connectivity index (χ0) is 31.8. The Labute approximate surface area is 287 Å². The summed E-state index contributed by atoms with van der Waals surface area (Å²) < 4.78 is 4.51. The van der Waals surface area contributed by atoms with Crippen LogP contribution < -0.4 is 13.1 Å². The SMILES string of the molecule is c1cc2ccc3ccc([As](c4ccc5ccc6cccc7ccc4c5c67)c4ccc5ccc6cccc7ccc4c5c67)c4ccc(c1)c2c34. The van der Waals surface area contributed by atoms with Crippen LogP contribution in [0.5, 0.6) is 0 Å². The Morgan fingerprint density at radius 2 is 0.429 bits per heavy atom. The first-order valence-electron chi connectivity index (χ1n) is 17.1. The zero-order valence-corrected chi connectivity index (χ0v) is 28.4. The first-order chi connectivity index (χ1) is 24.3. The molecular weight excluding hydrogens is 651 g/mol. The molecule has 0 bridgehead atoms. The van der Waals surface area contributed by atoms with Crippen molar-refractivity contribution < 1.29 is 0 Å². The molecule has 0 aliphatic heterocycles. The van der Waals surface area contributed by atoms with Crippen molar-refractivity contribution in [1.82, 2.24) is 0 Å². The van der Waals surface area contributed by atoms with Crippen molar-refractivity contribution in [2.45, 2.75) is 0 Å². The molecule has 0 heterocycles. The molecular formula is C48H27As. The molecule has 0 spiro atoms. The Hall–Kier alpha value is -5.68. The minimum absolute atomic E-state index is 1.32. The van der Waals surface area contributed by atoms with Crippen LogP contribution in [0.15, 0.2) is 164 Å². The molecule has 0 nitrogen and oxygen atoms in total. The number of hydrogen-bond acceptors (Lipinski definition) is 0. The number of benzene rings is 12. The molecule has 0 saturated carbocycles. The van der Waals surface area contributed by atoms with Crippen molar-refractivity contribution in [1.29, 1.82) is 0 Å². The second kappa shape index (κ2) is 9.48. The van der Waals surface area contributed by atoms with Gasteiger partial charge in [0.15, 0.2) is 0 Å². The van der Waals surface area contributed by atoms with Crippen molar-refractivity contribution in [3.8, 4) is 0 Å². The van der Waals surface area contributed by atoms with Crippen LogP contribution in [0.1, 0.15) is 0 Å². The molecule has 0 radical (unpaired) electrons. The van der Waals surface area contributed by atoms with E-state index in [1.807, 2.05) is 0 Å². The van der Waals surface area contributed by atoms with E-state index in [0.29, 0.717) is 0 Å². The van der Waals surface area contributed by atoms with Crippen LogP contribution in [0.4, 0.5) is 0 Å². The van der Waals surface area contributed by atoms with Gasteiger partial charge in [-0.3, -0.25) is 0 Å². The normalized spacial score (nSPS) is 12.7. The van der Waals surface area contributed by atoms with Gasteiger partial charge in [0.05, 0.1) is 0 Å². The molecule has 0 amide bonds. The summed E-state index contributed by atoms with van der Waals surface area (Å²) in [6, 6.07) is 63.0. The first-order valence-corrected chi connectivity index (χ1v) is 19.9. The van der Waals surface area contributed by atoms with Crippen molar-refractivity contribution in [2.75, 3.05) is 0 Å². The standard InChI is InChI=1S/C48H27As/c1-4-28-10-13-34-19-25-40(37-22-16-31(7-1)43(28)46(34)37)49(41-26-20-35-14-11-29-5-2-8-32-17-23-38(41)47(35)44(29)32)42-27-21-36-15-12-30-6-3-9-33-18-24-39(42)48(36)45(30)33/h1-27H. The van der Waals surface area contributed by atoms with Crippen molar-refractivity contribution in [3.63, 3.8) is 0 Å². The zero-order valence-electron chi connectivity index (χ0n) is 26.5. The number of hydrogen-bond donors (Lipinski definition) is 0. The van der Waals surface area contributed by atoms with Gasteiger partial charge in [0.1, 0.15) is 0 Å². The number of rotatable bonds is 3. The van der Waals surface area contributed by atoms with Crippen LogP contribution in [0.25, 0.3) is 97.0 Å². The first kappa shape index (κ1) is 26.3. The van der Waals surface area contributed by atoms with Crippen molar-refractivity contribution in [2.24, 2.45) is 0 Å². The molecule has 0 unspecified atom stereocenters. The molecule has 0 fully saturated rings. The van der Waals surface area contributed by atoms with Gasteiger partial charge in [0.2, 0.25) is 0 Å². The van der Waals surface area contributed by atoms with Gasteiger partial charge >= 0.3 is 288 Å². The van der Waals surface area contributed by atoms with E-state index >= 15 is 0 Å². The van der Waals surface area contributed by atoms with E-state index in [0.717, 1.165) is 0 Å². The third-order valence-corrected chi connectivity index (χ3v) is 16.7. The molecule has 49 heavy (non-hydrogen) atoms. The van der Waals surface area contributed by atoms with Crippen molar-refractivity contribution in [3.05, 3.63) is 164 Å². The third-order valence-electron chi connectivity index (χ3n) is 11.2. The maximum absolute atomic E-state index is 2.48. The van der Waals surface area contributed by atoms with Crippen LogP contribution in [-0.2, 0) is 0 Å². The van der Waals surface area contributed by atoms with E-state index in [9.17, 15) is 0 Å². The summed E-state index contributed by atoms with van der Waals surface area (Å²) in [4.78, 5) is 0. The average molecular weight is 679 g/mol. The van der Waals surface area contributed by atoms with Gasteiger partial charge in [-0.2, -0.15) is 0 Å². The van der Waals surface area contributed by atoms with E-state index in [4.69, 9.17) is 0 Å². The predicted molar refractivity (Wildman–Crippen MR) is 215 cm³/mol.